The minimum absolute atomic E-state index is 0.448. The van der Waals surface area contributed by atoms with Crippen LogP contribution in [0.3, 0.4) is 0 Å². The first-order valence-electron chi connectivity index (χ1n) is 8.41. The molecular weight excluding hydrogens is 250 g/mol. The number of hydrogen-bond donors (Lipinski definition) is 3. The molecule has 0 atom stereocenters. The second kappa shape index (κ2) is 6.71. The summed E-state index contributed by atoms with van der Waals surface area (Å²) in [5, 5.41) is 10.5. The van der Waals surface area contributed by atoms with Crippen LogP contribution in [0.25, 0.3) is 0 Å². The molecule has 2 heterocycles. The van der Waals surface area contributed by atoms with Crippen LogP contribution in [-0.4, -0.2) is 80.9 Å². The number of nitrogens with zero attached hydrogens (tertiary/aromatic N) is 2. The summed E-state index contributed by atoms with van der Waals surface area (Å²) >= 11 is 0. The Morgan fingerprint density at radius 3 is 1.85 bits per heavy atom. The largest absolute Gasteiger partial charge is 0.314 e. The van der Waals surface area contributed by atoms with Gasteiger partial charge in [0, 0.05) is 58.4 Å². The normalized spacial score (nSPS) is 30.4. The molecule has 20 heavy (non-hydrogen) atoms. The lowest BCUT2D eigenvalue weighted by atomic mass is 10.3. The second-order valence-electron chi connectivity index (χ2n) is 6.74. The highest BCUT2D eigenvalue weighted by atomic mass is 15.4. The van der Waals surface area contributed by atoms with Crippen LogP contribution in [0, 0.1) is 0 Å². The van der Waals surface area contributed by atoms with E-state index in [0.29, 0.717) is 5.66 Å². The third-order valence-corrected chi connectivity index (χ3v) is 4.84. The smallest absolute Gasteiger partial charge is 0.0717 e. The van der Waals surface area contributed by atoms with E-state index in [0.717, 1.165) is 19.1 Å². The Morgan fingerprint density at radius 1 is 0.900 bits per heavy atom. The fraction of sp³-hybridized carbons (Fsp3) is 1.00. The van der Waals surface area contributed by atoms with E-state index in [1.165, 1.54) is 65.0 Å². The van der Waals surface area contributed by atoms with Crippen LogP contribution in [0.15, 0.2) is 0 Å². The predicted octanol–water partition coefficient (Wildman–Crippen LogP) is -0.345. The third kappa shape index (κ3) is 4.15. The van der Waals surface area contributed by atoms with Crippen molar-refractivity contribution in [1.29, 1.82) is 0 Å². The molecule has 3 N–H and O–H groups in total. The summed E-state index contributed by atoms with van der Waals surface area (Å²) < 4.78 is 0. The average Bonchev–Trinajstić information content (AvgIpc) is 3.40. The van der Waals surface area contributed by atoms with E-state index in [2.05, 4.69) is 32.8 Å². The molecule has 4 fully saturated rings. The first-order valence-corrected chi connectivity index (χ1v) is 8.41. The van der Waals surface area contributed by atoms with Crippen LogP contribution >= 0.6 is 0 Å². The summed E-state index contributed by atoms with van der Waals surface area (Å²) in [6.07, 6.45) is 5.58. The van der Waals surface area contributed by atoms with Crippen LogP contribution in [-0.2, 0) is 0 Å². The van der Waals surface area contributed by atoms with Gasteiger partial charge in [-0.15, -0.1) is 0 Å². The van der Waals surface area contributed by atoms with E-state index in [1.807, 2.05) is 0 Å². The molecule has 116 valence electrons. The van der Waals surface area contributed by atoms with Crippen molar-refractivity contribution in [3.8, 4) is 0 Å². The summed E-state index contributed by atoms with van der Waals surface area (Å²) in [7, 11) is 2.15. The second-order valence-corrected chi connectivity index (χ2v) is 6.74. The molecule has 0 bridgehead atoms. The highest BCUT2D eigenvalue weighted by molar-refractivity contribution is 5.06. The van der Waals surface area contributed by atoms with Crippen molar-refractivity contribution in [1.82, 2.24) is 25.8 Å². The van der Waals surface area contributed by atoms with Gasteiger partial charge in [-0.1, -0.05) is 0 Å². The van der Waals surface area contributed by atoms with Crippen molar-refractivity contribution in [3.63, 3.8) is 0 Å². The molecule has 0 aromatic rings. The Labute approximate surface area is 123 Å². The maximum Gasteiger partial charge on any atom is 0.0717 e. The first kappa shape index (κ1) is 14.7. The Balaban J connectivity index is 0.000000147. The number of likely N-dealkylation sites (N-methyl/N-ethyl adjacent to an activating group) is 1. The molecule has 2 aliphatic heterocycles. The van der Waals surface area contributed by atoms with E-state index >= 15 is 0 Å². The van der Waals surface area contributed by atoms with Crippen LogP contribution in [0.2, 0.25) is 0 Å². The third-order valence-electron chi connectivity index (χ3n) is 4.84. The van der Waals surface area contributed by atoms with Gasteiger partial charge >= 0.3 is 0 Å². The number of piperazine rings is 2. The molecule has 5 nitrogen and oxygen atoms in total. The topological polar surface area (TPSA) is 42.6 Å². The van der Waals surface area contributed by atoms with Gasteiger partial charge in [0.25, 0.3) is 0 Å². The molecular formula is C15H31N5. The molecule has 5 heteroatoms. The molecule has 2 saturated heterocycles. The van der Waals surface area contributed by atoms with Crippen molar-refractivity contribution >= 4 is 0 Å². The zero-order valence-electron chi connectivity index (χ0n) is 13.0. The molecule has 2 saturated carbocycles. The minimum Gasteiger partial charge on any atom is -0.314 e. The highest BCUT2D eigenvalue weighted by Gasteiger charge is 2.50. The SMILES string of the molecule is C1CN(C2(NC3CC3)CC2)CCN1.CN1CCNCC1. The molecule has 0 aromatic carbocycles. The summed E-state index contributed by atoms with van der Waals surface area (Å²) in [4.78, 5) is 4.98. The Bertz CT molecular complexity index is 289. The molecule has 0 radical (unpaired) electrons. The average molecular weight is 281 g/mol. The maximum absolute atomic E-state index is 3.81. The zero-order valence-corrected chi connectivity index (χ0v) is 13.0. The summed E-state index contributed by atoms with van der Waals surface area (Å²) in [5.74, 6) is 0. The van der Waals surface area contributed by atoms with Crippen molar-refractivity contribution < 1.29 is 0 Å². The van der Waals surface area contributed by atoms with E-state index in [9.17, 15) is 0 Å². The summed E-state index contributed by atoms with van der Waals surface area (Å²) in [5.41, 5.74) is 0.448. The van der Waals surface area contributed by atoms with Crippen molar-refractivity contribution in [3.05, 3.63) is 0 Å². The van der Waals surface area contributed by atoms with E-state index < -0.39 is 0 Å². The Kier molecular flexibility index (Phi) is 4.94. The molecule has 0 unspecified atom stereocenters. The van der Waals surface area contributed by atoms with Gasteiger partial charge in [0.05, 0.1) is 5.66 Å². The van der Waals surface area contributed by atoms with Crippen molar-refractivity contribution in [2.24, 2.45) is 0 Å². The maximum atomic E-state index is 3.81. The monoisotopic (exact) mass is 281 g/mol. The molecule has 0 spiro atoms. The van der Waals surface area contributed by atoms with Gasteiger partial charge in [0.1, 0.15) is 0 Å². The number of hydrogen-bond acceptors (Lipinski definition) is 5. The lowest BCUT2D eigenvalue weighted by Gasteiger charge is -2.36. The summed E-state index contributed by atoms with van der Waals surface area (Å²) in [6, 6.07) is 0.859. The van der Waals surface area contributed by atoms with Crippen LogP contribution in [0.5, 0.6) is 0 Å². The molecule has 4 rings (SSSR count). The van der Waals surface area contributed by atoms with Gasteiger partial charge in [0.2, 0.25) is 0 Å². The molecule has 2 aliphatic carbocycles. The predicted molar refractivity (Wildman–Crippen MR) is 82.9 cm³/mol. The lowest BCUT2D eigenvalue weighted by Crippen LogP contribution is -2.56. The highest BCUT2D eigenvalue weighted by Crippen LogP contribution is 2.41. The first-order chi connectivity index (χ1) is 9.78. The fourth-order valence-corrected chi connectivity index (χ4v) is 3.15. The van der Waals surface area contributed by atoms with Gasteiger partial charge in [-0.05, 0) is 32.7 Å². The number of rotatable bonds is 3. The van der Waals surface area contributed by atoms with Gasteiger partial charge in [-0.3, -0.25) is 10.2 Å². The lowest BCUT2D eigenvalue weighted by molar-refractivity contribution is 0.124. The van der Waals surface area contributed by atoms with Gasteiger partial charge in [-0.2, -0.15) is 0 Å². The van der Waals surface area contributed by atoms with E-state index in [1.54, 1.807) is 0 Å². The minimum atomic E-state index is 0.448. The van der Waals surface area contributed by atoms with Gasteiger partial charge in [-0.25, -0.2) is 0 Å². The Morgan fingerprint density at radius 2 is 1.45 bits per heavy atom. The van der Waals surface area contributed by atoms with E-state index in [4.69, 9.17) is 0 Å². The number of nitrogens with one attached hydrogen (secondary N) is 3. The van der Waals surface area contributed by atoms with Gasteiger partial charge < -0.3 is 15.5 Å². The molecule has 4 aliphatic rings. The van der Waals surface area contributed by atoms with Crippen molar-refractivity contribution in [2.75, 3.05) is 59.4 Å². The standard InChI is InChI=1S/C10H19N3.C5H12N2/c1-2-9(1)12-10(3-4-10)13-7-5-11-6-8-13;1-7-4-2-6-3-5-7/h9,11-12H,1-8H2;6H,2-5H2,1H3. The summed E-state index contributed by atoms with van der Waals surface area (Å²) in [6.45, 7) is 9.56. The van der Waals surface area contributed by atoms with Crippen molar-refractivity contribution in [2.45, 2.75) is 37.4 Å². The van der Waals surface area contributed by atoms with Crippen LogP contribution < -0.4 is 16.0 Å². The van der Waals surface area contributed by atoms with E-state index in [-0.39, 0.29) is 0 Å². The molecule has 0 amide bonds. The molecule has 0 aromatic heterocycles. The Hall–Kier alpha value is -0.200. The fourth-order valence-electron chi connectivity index (χ4n) is 3.15. The zero-order chi connectivity index (χ0) is 13.8. The van der Waals surface area contributed by atoms with Crippen LogP contribution in [0.4, 0.5) is 0 Å². The van der Waals surface area contributed by atoms with Gasteiger partial charge in [0.15, 0.2) is 0 Å². The quantitative estimate of drug-likeness (QED) is 0.660. The van der Waals surface area contributed by atoms with Crippen LogP contribution in [0.1, 0.15) is 25.7 Å².